The summed E-state index contributed by atoms with van der Waals surface area (Å²) in [6, 6.07) is 5.88. The van der Waals surface area contributed by atoms with Gasteiger partial charge in [-0.1, -0.05) is 12.1 Å². The maximum absolute atomic E-state index is 13.2. The van der Waals surface area contributed by atoms with Gasteiger partial charge in [0.2, 0.25) is 0 Å². The molecule has 0 unspecified atom stereocenters. The molecule has 1 aliphatic rings. The van der Waals surface area contributed by atoms with Crippen LogP contribution in [0.3, 0.4) is 0 Å². The van der Waals surface area contributed by atoms with E-state index in [0.717, 1.165) is 6.26 Å². The van der Waals surface area contributed by atoms with Crippen molar-refractivity contribution in [1.82, 2.24) is 0 Å². The highest BCUT2D eigenvalue weighted by Crippen LogP contribution is 2.53. The molecule has 1 aromatic rings. The Balaban J connectivity index is 2.39. The molecule has 0 amide bonds. The Hall–Kier alpha value is -0.980. The van der Waals surface area contributed by atoms with E-state index in [4.69, 9.17) is 10.5 Å². The van der Waals surface area contributed by atoms with E-state index in [-0.39, 0.29) is 6.61 Å². The third kappa shape index (κ3) is 2.15. The van der Waals surface area contributed by atoms with Gasteiger partial charge >= 0.3 is 0 Å². The van der Waals surface area contributed by atoms with Crippen LogP contribution in [0.4, 0.5) is 4.39 Å². The fourth-order valence-electron chi connectivity index (χ4n) is 2.68. The summed E-state index contributed by atoms with van der Waals surface area (Å²) in [7, 11) is -1.83. The number of hydrogen-bond acceptors (Lipinski definition) is 4. The van der Waals surface area contributed by atoms with Crippen LogP contribution in [-0.4, -0.2) is 39.2 Å². The normalized spacial score (nSPS) is 31.3. The van der Waals surface area contributed by atoms with Gasteiger partial charge in [0.15, 0.2) is 9.84 Å². The number of rotatable bonds is 4. The first-order valence-corrected chi connectivity index (χ1v) is 7.48. The molecule has 4 nitrogen and oxygen atoms in total. The molecule has 0 spiro atoms. The summed E-state index contributed by atoms with van der Waals surface area (Å²) in [5.41, 5.74) is 5.73. The average Bonchev–Trinajstić information content (AvgIpc) is 2.85. The summed E-state index contributed by atoms with van der Waals surface area (Å²) in [6.45, 7) is 0.131. The van der Waals surface area contributed by atoms with Gasteiger partial charge in [-0.05, 0) is 17.7 Å². The minimum absolute atomic E-state index is 0.131. The van der Waals surface area contributed by atoms with Crippen LogP contribution in [-0.2, 0) is 14.6 Å². The highest BCUT2D eigenvalue weighted by atomic mass is 32.2. The number of nitrogens with two attached hydrogens (primary N) is 1. The first kappa shape index (κ1) is 13.5. The minimum atomic E-state index is -3.30. The summed E-state index contributed by atoms with van der Waals surface area (Å²) < 4.78 is 41.6. The zero-order valence-electron chi connectivity index (χ0n) is 10.3. The summed E-state index contributed by atoms with van der Waals surface area (Å²) in [6.07, 6.45) is 1.15. The van der Waals surface area contributed by atoms with E-state index in [1.807, 2.05) is 0 Å². The van der Waals surface area contributed by atoms with Gasteiger partial charge in [-0.2, -0.15) is 0 Å². The molecule has 1 aliphatic carbocycles. The Morgan fingerprint density at radius 3 is 2.67 bits per heavy atom. The van der Waals surface area contributed by atoms with Crippen LogP contribution in [0.1, 0.15) is 11.5 Å². The van der Waals surface area contributed by atoms with Crippen LogP contribution in [0, 0.1) is 5.82 Å². The number of methoxy groups -OCH3 is 1. The Morgan fingerprint density at radius 2 is 2.17 bits per heavy atom. The lowest BCUT2D eigenvalue weighted by Crippen LogP contribution is -2.35. The molecule has 6 heteroatoms. The second kappa shape index (κ2) is 4.29. The van der Waals surface area contributed by atoms with E-state index in [1.165, 1.54) is 19.2 Å². The first-order chi connectivity index (χ1) is 8.30. The Kier molecular flexibility index (Phi) is 3.21. The molecule has 0 heterocycles. The van der Waals surface area contributed by atoms with Crippen LogP contribution in [0.25, 0.3) is 0 Å². The molecule has 3 atom stereocenters. The topological polar surface area (TPSA) is 69.4 Å². The van der Waals surface area contributed by atoms with E-state index in [0.29, 0.717) is 5.56 Å². The van der Waals surface area contributed by atoms with E-state index in [9.17, 15) is 12.8 Å². The molecular weight excluding hydrogens is 257 g/mol. The summed E-state index contributed by atoms with van der Waals surface area (Å²) >= 11 is 0. The third-order valence-corrected chi connectivity index (χ3v) is 5.00. The maximum atomic E-state index is 13.2. The van der Waals surface area contributed by atoms with Crippen molar-refractivity contribution in [1.29, 1.82) is 0 Å². The molecule has 0 aliphatic heterocycles. The van der Waals surface area contributed by atoms with Gasteiger partial charge < -0.3 is 10.5 Å². The molecule has 100 valence electrons. The van der Waals surface area contributed by atoms with Crippen molar-refractivity contribution in [3.8, 4) is 0 Å². The van der Waals surface area contributed by atoms with E-state index in [2.05, 4.69) is 0 Å². The molecule has 1 fully saturated rings. The Bertz CT molecular complexity index is 560. The second-order valence-corrected chi connectivity index (χ2v) is 7.00. The molecule has 1 saturated carbocycles. The SMILES string of the molecule is COC[C@@]1(N)[C@@H](c2cccc(F)c2)[C@@H]1S(C)(=O)=O. The molecule has 0 aromatic heterocycles. The molecule has 2 rings (SSSR count). The van der Waals surface area contributed by atoms with E-state index in [1.54, 1.807) is 12.1 Å². The van der Waals surface area contributed by atoms with Crippen molar-refractivity contribution in [2.75, 3.05) is 20.0 Å². The lowest BCUT2D eigenvalue weighted by atomic mass is 10.1. The molecule has 2 N–H and O–H groups in total. The lowest BCUT2D eigenvalue weighted by Gasteiger charge is -2.10. The zero-order chi connectivity index (χ0) is 13.6. The molecular formula is C12H16FNO3S. The van der Waals surface area contributed by atoms with E-state index >= 15 is 0 Å². The van der Waals surface area contributed by atoms with Gasteiger partial charge in [0.25, 0.3) is 0 Å². The fourth-order valence-corrected chi connectivity index (χ4v) is 4.51. The highest BCUT2D eigenvalue weighted by Gasteiger charge is 2.68. The van der Waals surface area contributed by atoms with Crippen molar-refractivity contribution in [3.05, 3.63) is 35.6 Å². The summed E-state index contributed by atoms with van der Waals surface area (Å²) in [5, 5.41) is -0.716. The Morgan fingerprint density at radius 1 is 1.50 bits per heavy atom. The van der Waals surface area contributed by atoms with Gasteiger partial charge in [0.1, 0.15) is 5.82 Å². The zero-order valence-corrected chi connectivity index (χ0v) is 11.1. The second-order valence-electron chi connectivity index (χ2n) is 4.83. The Labute approximate surface area is 106 Å². The number of benzene rings is 1. The van der Waals surface area contributed by atoms with Crippen molar-refractivity contribution in [2.24, 2.45) is 5.73 Å². The largest absolute Gasteiger partial charge is 0.383 e. The summed E-state index contributed by atoms with van der Waals surface area (Å²) in [5.74, 6) is -0.811. The lowest BCUT2D eigenvalue weighted by molar-refractivity contribution is 0.171. The van der Waals surface area contributed by atoms with Crippen molar-refractivity contribution in [2.45, 2.75) is 16.7 Å². The molecule has 0 saturated heterocycles. The molecule has 0 bridgehead atoms. The van der Waals surface area contributed by atoms with E-state index < -0.39 is 32.4 Å². The van der Waals surface area contributed by atoms with Gasteiger partial charge in [-0.25, -0.2) is 12.8 Å². The molecule has 18 heavy (non-hydrogen) atoms. The number of ether oxygens (including phenoxy) is 1. The van der Waals surface area contributed by atoms with Gasteiger partial charge in [-0.15, -0.1) is 0 Å². The average molecular weight is 273 g/mol. The predicted molar refractivity (Wildman–Crippen MR) is 66.6 cm³/mol. The quantitative estimate of drug-likeness (QED) is 0.876. The summed E-state index contributed by atoms with van der Waals surface area (Å²) in [4.78, 5) is 0. The van der Waals surface area contributed by atoms with Gasteiger partial charge in [0.05, 0.1) is 17.4 Å². The maximum Gasteiger partial charge on any atom is 0.152 e. The number of sulfone groups is 1. The van der Waals surface area contributed by atoms with Crippen LogP contribution < -0.4 is 5.73 Å². The van der Waals surface area contributed by atoms with Gasteiger partial charge in [0, 0.05) is 19.3 Å². The molecule has 0 radical (unpaired) electrons. The molecule has 1 aromatic carbocycles. The van der Waals surface area contributed by atoms with Crippen molar-refractivity contribution < 1.29 is 17.5 Å². The van der Waals surface area contributed by atoms with Crippen LogP contribution in [0.5, 0.6) is 0 Å². The number of halogens is 1. The van der Waals surface area contributed by atoms with Crippen molar-refractivity contribution in [3.63, 3.8) is 0 Å². The minimum Gasteiger partial charge on any atom is -0.383 e. The standard InChI is InChI=1S/C12H16FNO3S/c1-17-7-12(14)10(11(12)18(2,15)16)8-4-3-5-9(13)6-8/h3-6,10-11H,7,14H2,1-2H3/t10-,11-,12+/m0/s1. The van der Waals surface area contributed by atoms with Gasteiger partial charge in [-0.3, -0.25) is 0 Å². The highest BCUT2D eigenvalue weighted by molar-refractivity contribution is 7.91. The van der Waals surface area contributed by atoms with Crippen LogP contribution >= 0.6 is 0 Å². The van der Waals surface area contributed by atoms with Crippen molar-refractivity contribution >= 4 is 9.84 Å². The van der Waals surface area contributed by atoms with Crippen LogP contribution in [0.2, 0.25) is 0 Å². The first-order valence-electron chi connectivity index (χ1n) is 5.53. The van der Waals surface area contributed by atoms with Crippen LogP contribution in [0.15, 0.2) is 24.3 Å². The predicted octanol–water partition coefficient (Wildman–Crippen LogP) is 0.680. The fraction of sp³-hybridized carbons (Fsp3) is 0.500. The number of hydrogen-bond donors (Lipinski definition) is 1. The smallest absolute Gasteiger partial charge is 0.152 e. The monoisotopic (exact) mass is 273 g/mol. The third-order valence-electron chi connectivity index (χ3n) is 3.37.